The van der Waals surface area contributed by atoms with Gasteiger partial charge in [0.25, 0.3) is 0 Å². The maximum Gasteiger partial charge on any atom is 0.351 e. The molecule has 0 aromatic carbocycles. The molecule has 108 valence electrons. The summed E-state index contributed by atoms with van der Waals surface area (Å²) in [4.78, 5) is 14.9. The van der Waals surface area contributed by atoms with E-state index < -0.39 is 37.2 Å². The van der Waals surface area contributed by atoms with Crippen LogP contribution in [0, 0.1) is 0 Å². The van der Waals surface area contributed by atoms with Crippen LogP contribution in [0.15, 0.2) is 17.1 Å². The first kappa shape index (κ1) is 15.5. The molecule has 0 saturated carbocycles. The number of rotatable bonds is 6. The fourth-order valence-corrected chi connectivity index (χ4v) is 1.41. The van der Waals surface area contributed by atoms with Crippen LogP contribution in [-0.2, 0) is 4.74 Å². The highest BCUT2D eigenvalue weighted by Crippen LogP contribution is 2.23. The standard InChI is InChI=1S/C10H15F2N3O4/c1-6(15-3-2-7(13)14-9(15)18)19-10(4-11,5-16)8(12)17/h2-3,6,8,16-17H,4-5H2,1H3,(H2,13,14,18)/t6-,8-,10?/m1/s1. The van der Waals surface area contributed by atoms with Crippen molar-refractivity contribution in [3.05, 3.63) is 22.7 Å². The minimum absolute atomic E-state index is 0.0158. The Hall–Kier alpha value is -1.58. The van der Waals surface area contributed by atoms with E-state index in [-0.39, 0.29) is 5.82 Å². The second kappa shape index (κ2) is 6.04. The number of hydrogen-bond donors (Lipinski definition) is 3. The number of hydrogen-bond acceptors (Lipinski definition) is 6. The quantitative estimate of drug-likeness (QED) is 0.638. The van der Waals surface area contributed by atoms with Crippen molar-refractivity contribution in [3.8, 4) is 0 Å². The number of anilines is 1. The summed E-state index contributed by atoms with van der Waals surface area (Å²) >= 11 is 0. The lowest BCUT2D eigenvalue weighted by Gasteiger charge is -2.32. The van der Waals surface area contributed by atoms with Crippen molar-refractivity contribution in [2.45, 2.75) is 25.1 Å². The van der Waals surface area contributed by atoms with Crippen LogP contribution < -0.4 is 11.4 Å². The average molecular weight is 279 g/mol. The van der Waals surface area contributed by atoms with Crippen molar-refractivity contribution >= 4 is 5.82 Å². The number of nitrogen functional groups attached to an aromatic ring is 1. The highest BCUT2D eigenvalue weighted by molar-refractivity contribution is 5.23. The maximum atomic E-state index is 13.0. The molecule has 0 spiro atoms. The van der Waals surface area contributed by atoms with Gasteiger partial charge in [0.1, 0.15) is 18.7 Å². The average Bonchev–Trinajstić information content (AvgIpc) is 2.35. The number of nitrogens with zero attached hydrogens (tertiary/aromatic N) is 2. The molecule has 0 saturated heterocycles. The molecular formula is C10H15F2N3O4. The van der Waals surface area contributed by atoms with Gasteiger partial charge in [-0.1, -0.05) is 0 Å². The first-order valence-electron chi connectivity index (χ1n) is 5.37. The highest BCUT2D eigenvalue weighted by atomic mass is 19.2. The zero-order valence-electron chi connectivity index (χ0n) is 10.2. The van der Waals surface area contributed by atoms with E-state index in [1.165, 1.54) is 19.2 Å². The SMILES string of the molecule is C[C@@H](OC(CO)(CF)[C@@H](O)F)n1ccc(N)nc1=O. The third-order valence-electron chi connectivity index (χ3n) is 2.58. The Bertz CT molecular complexity index is 476. The smallest absolute Gasteiger partial charge is 0.351 e. The molecule has 0 radical (unpaired) electrons. The Morgan fingerprint density at radius 2 is 2.32 bits per heavy atom. The lowest BCUT2D eigenvalue weighted by Crippen LogP contribution is -2.50. The van der Waals surface area contributed by atoms with Crippen molar-refractivity contribution in [2.24, 2.45) is 0 Å². The zero-order chi connectivity index (χ0) is 14.6. The van der Waals surface area contributed by atoms with Crippen molar-refractivity contribution in [3.63, 3.8) is 0 Å². The predicted octanol–water partition coefficient (Wildman–Crippen LogP) is -0.651. The van der Waals surface area contributed by atoms with E-state index in [0.717, 1.165) is 4.57 Å². The predicted molar refractivity (Wildman–Crippen MR) is 61.6 cm³/mol. The van der Waals surface area contributed by atoms with Crippen LogP contribution in [0.25, 0.3) is 0 Å². The summed E-state index contributed by atoms with van der Waals surface area (Å²) in [7, 11) is 0. The van der Waals surface area contributed by atoms with Gasteiger partial charge in [-0.25, -0.2) is 13.6 Å². The van der Waals surface area contributed by atoms with Gasteiger partial charge in [-0.3, -0.25) is 4.57 Å². The molecule has 0 aliphatic rings. The summed E-state index contributed by atoms with van der Waals surface area (Å²) < 4.78 is 31.6. The Balaban J connectivity index is 3.00. The molecule has 0 aliphatic carbocycles. The number of aliphatic hydroxyl groups excluding tert-OH is 2. The second-order valence-corrected chi connectivity index (χ2v) is 3.95. The molecule has 0 amide bonds. The molecule has 1 aromatic rings. The van der Waals surface area contributed by atoms with Gasteiger partial charge in [0.15, 0.2) is 5.60 Å². The molecule has 3 atom stereocenters. The van der Waals surface area contributed by atoms with Crippen LogP contribution in [0.2, 0.25) is 0 Å². The van der Waals surface area contributed by atoms with Crippen LogP contribution in [0.4, 0.5) is 14.6 Å². The highest BCUT2D eigenvalue weighted by Gasteiger charge is 2.41. The van der Waals surface area contributed by atoms with Gasteiger partial charge in [-0.15, -0.1) is 0 Å². The molecule has 0 aliphatic heterocycles. The van der Waals surface area contributed by atoms with Gasteiger partial charge in [0.2, 0.25) is 6.36 Å². The fraction of sp³-hybridized carbons (Fsp3) is 0.600. The topological polar surface area (TPSA) is 111 Å². The van der Waals surface area contributed by atoms with Crippen LogP contribution in [0.1, 0.15) is 13.2 Å². The van der Waals surface area contributed by atoms with Crippen LogP contribution in [-0.4, -0.2) is 45.0 Å². The number of nitrogens with two attached hydrogens (primary N) is 1. The zero-order valence-corrected chi connectivity index (χ0v) is 10.2. The van der Waals surface area contributed by atoms with Gasteiger partial charge < -0.3 is 20.7 Å². The number of alkyl halides is 2. The largest absolute Gasteiger partial charge is 0.393 e. The number of aromatic nitrogens is 2. The molecule has 1 rings (SSSR count). The minimum atomic E-state index is -2.75. The first-order chi connectivity index (χ1) is 8.86. The summed E-state index contributed by atoms with van der Waals surface area (Å²) in [6, 6.07) is 1.29. The van der Waals surface area contributed by atoms with Crippen LogP contribution in [0.5, 0.6) is 0 Å². The summed E-state index contributed by atoms with van der Waals surface area (Å²) in [6.07, 6.45) is -2.68. The lowest BCUT2D eigenvalue weighted by atomic mass is 10.1. The van der Waals surface area contributed by atoms with E-state index in [0.29, 0.717) is 0 Å². The van der Waals surface area contributed by atoms with E-state index in [9.17, 15) is 13.6 Å². The van der Waals surface area contributed by atoms with Gasteiger partial charge in [0.05, 0.1) is 6.61 Å². The normalized spacial score (nSPS) is 17.7. The molecule has 7 nitrogen and oxygen atoms in total. The van der Waals surface area contributed by atoms with Crippen molar-refractivity contribution in [2.75, 3.05) is 19.0 Å². The third kappa shape index (κ3) is 3.25. The summed E-state index contributed by atoms with van der Waals surface area (Å²) in [5.41, 5.74) is 2.06. The van der Waals surface area contributed by atoms with Gasteiger partial charge in [0, 0.05) is 6.20 Å². The van der Waals surface area contributed by atoms with E-state index in [1.807, 2.05) is 0 Å². The minimum Gasteiger partial charge on any atom is -0.393 e. The van der Waals surface area contributed by atoms with Crippen LogP contribution >= 0.6 is 0 Å². The number of aliphatic hydroxyl groups is 2. The molecule has 1 heterocycles. The molecule has 0 fully saturated rings. The van der Waals surface area contributed by atoms with Crippen molar-refractivity contribution < 1.29 is 23.7 Å². The van der Waals surface area contributed by atoms with E-state index in [1.54, 1.807) is 0 Å². The first-order valence-corrected chi connectivity index (χ1v) is 5.37. The Labute approximate surface area is 107 Å². The number of ether oxygens (including phenoxy) is 1. The van der Waals surface area contributed by atoms with Gasteiger partial charge >= 0.3 is 5.69 Å². The molecule has 1 unspecified atom stereocenters. The third-order valence-corrected chi connectivity index (χ3v) is 2.58. The molecular weight excluding hydrogens is 264 g/mol. The summed E-state index contributed by atoms with van der Waals surface area (Å²) in [6.45, 7) is -1.26. The summed E-state index contributed by atoms with van der Waals surface area (Å²) in [5.74, 6) is -0.0158. The monoisotopic (exact) mass is 279 g/mol. The van der Waals surface area contributed by atoms with Crippen LogP contribution in [0.3, 0.4) is 0 Å². The van der Waals surface area contributed by atoms with E-state index in [4.69, 9.17) is 20.7 Å². The Kier molecular flexibility index (Phi) is 4.92. The Morgan fingerprint density at radius 1 is 1.68 bits per heavy atom. The molecule has 0 bridgehead atoms. The maximum absolute atomic E-state index is 13.0. The van der Waals surface area contributed by atoms with E-state index in [2.05, 4.69) is 4.98 Å². The Morgan fingerprint density at radius 3 is 2.74 bits per heavy atom. The lowest BCUT2D eigenvalue weighted by molar-refractivity contribution is -0.232. The van der Waals surface area contributed by atoms with Crippen molar-refractivity contribution in [1.82, 2.24) is 9.55 Å². The molecule has 4 N–H and O–H groups in total. The van der Waals surface area contributed by atoms with Crippen molar-refractivity contribution in [1.29, 1.82) is 0 Å². The van der Waals surface area contributed by atoms with Gasteiger partial charge in [-0.05, 0) is 13.0 Å². The number of halogens is 2. The molecule has 19 heavy (non-hydrogen) atoms. The summed E-state index contributed by atoms with van der Waals surface area (Å²) in [5, 5.41) is 17.8. The molecule has 9 heteroatoms. The fourth-order valence-electron chi connectivity index (χ4n) is 1.41. The van der Waals surface area contributed by atoms with E-state index >= 15 is 0 Å². The molecule has 1 aromatic heterocycles. The van der Waals surface area contributed by atoms with Gasteiger partial charge in [-0.2, -0.15) is 4.98 Å². The second-order valence-electron chi connectivity index (χ2n) is 3.95.